The number of aliphatic imine (C=N–C) groups is 1. The van der Waals surface area contributed by atoms with E-state index < -0.39 is 0 Å². The van der Waals surface area contributed by atoms with Gasteiger partial charge in [-0.15, -0.1) is 0 Å². The van der Waals surface area contributed by atoms with Gasteiger partial charge in [-0.05, 0) is 59.1 Å². The molecule has 126 valence electrons. The van der Waals surface area contributed by atoms with Gasteiger partial charge in [0.05, 0.1) is 5.69 Å². The van der Waals surface area contributed by atoms with Crippen LogP contribution in [0.15, 0.2) is 89.1 Å². The SMILES string of the molecule is CC1(C)C2CC1/C(=C\Nc1ccccc1)C=C2C=Nc1ccccc1. The topological polar surface area (TPSA) is 24.4 Å². The van der Waals surface area contributed by atoms with Gasteiger partial charge in [-0.2, -0.15) is 0 Å². The lowest BCUT2D eigenvalue weighted by Gasteiger charge is -2.56. The summed E-state index contributed by atoms with van der Waals surface area (Å²) in [5.74, 6) is 1.24. The Labute approximate surface area is 150 Å². The van der Waals surface area contributed by atoms with Gasteiger partial charge in [-0.25, -0.2) is 0 Å². The Morgan fingerprint density at radius 3 is 2.32 bits per heavy atom. The number of nitrogens with one attached hydrogen (secondary N) is 1. The quantitative estimate of drug-likeness (QED) is 0.685. The third-order valence-corrected chi connectivity index (χ3v) is 5.70. The van der Waals surface area contributed by atoms with Crippen LogP contribution in [-0.2, 0) is 0 Å². The van der Waals surface area contributed by atoms with E-state index in [9.17, 15) is 0 Å². The second-order valence-corrected chi connectivity index (χ2v) is 7.56. The normalized spacial score (nSPS) is 25.5. The Balaban J connectivity index is 1.60. The fraction of sp³-hybridized carbons (Fsp3) is 0.261. The van der Waals surface area contributed by atoms with Crippen LogP contribution in [0.1, 0.15) is 20.3 Å². The summed E-state index contributed by atoms with van der Waals surface area (Å²) in [5, 5.41) is 3.45. The zero-order valence-electron chi connectivity index (χ0n) is 14.8. The highest BCUT2D eigenvalue weighted by atomic mass is 14.8. The van der Waals surface area contributed by atoms with E-state index in [2.05, 4.69) is 66.9 Å². The molecule has 2 unspecified atom stereocenters. The van der Waals surface area contributed by atoms with E-state index in [0.29, 0.717) is 17.3 Å². The van der Waals surface area contributed by atoms with Crippen LogP contribution in [0.25, 0.3) is 0 Å². The smallest absolute Gasteiger partial charge is 0.0629 e. The maximum Gasteiger partial charge on any atom is 0.0629 e. The van der Waals surface area contributed by atoms with E-state index in [1.54, 1.807) is 0 Å². The van der Waals surface area contributed by atoms with Crippen LogP contribution in [0.3, 0.4) is 0 Å². The Morgan fingerprint density at radius 1 is 0.960 bits per heavy atom. The maximum absolute atomic E-state index is 4.68. The lowest BCUT2D eigenvalue weighted by atomic mass is 9.47. The van der Waals surface area contributed by atoms with E-state index in [-0.39, 0.29) is 0 Å². The molecule has 0 radical (unpaired) electrons. The van der Waals surface area contributed by atoms with Crippen LogP contribution in [0.5, 0.6) is 0 Å². The molecule has 2 atom stereocenters. The van der Waals surface area contributed by atoms with E-state index in [0.717, 1.165) is 11.4 Å². The summed E-state index contributed by atoms with van der Waals surface area (Å²) < 4.78 is 0. The highest BCUT2D eigenvalue weighted by molar-refractivity contribution is 5.84. The number of fused-ring (bicyclic) bond motifs is 1. The predicted octanol–water partition coefficient (Wildman–Crippen LogP) is 5.99. The molecule has 3 aliphatic carbocycles. The summed E-state index contributed by atoms with van der Waals surface area (Å²) in [6, 6.07) is 20.5. The molecular formula is C23H24N2. The lowest BCUT2D eigenvalue weighted by molar-refractivity contribution is 0.0285. The van der Waals surface area contributed by atoms with Gasteiger partial charge in [0.15, 0.2) is 0 Å². The Hall–Kier alpha value is -2.61. The molecule has 0 amide bonds. The fourth-order valence-corrected chi connectivity index (χ4v) is 4.08. The van der Waals surface area contributed by atoms with Crippen LogP contribution in [0.4, 0.5) is 11.4 Å². The van der Waals surface area contributed by atoms with Crippen LogP contribution in [0.2, 0.25) is 0 Å². The third kappa shape index (κ3) is 3.05. The molecule has 2 heteroatoms. The minimum atomic E-state index is 0.303. The van der Waals surface area contributed by atoms with Gasteiger partial charge in [0.25, 0.3) is 0 Å². The van der Waals surface area contributed by atoms with Gasteiger partial charge >= 0.3 is 0 Å². The molecule has 0 aliphatic heterocycles. The highest BCUT2D eigenvalue weighted by Gasteiger charge is 2.52. The second-order valence-electron chi connectivity index (χ2n) is 7.56. The first-order chi connectivity index (χ1) is 12.1. The average molecular weight is 328 g/mol. The van der Waals surface area contributed by atoms with Crippen LogP contribution in [0, 0.1) is 17.3 Å². The van der Waals surface area contributed by atoms with Crippen molar-refractivity contribution in [3.8, 4) is 0 Å². The molecule has 2 nitrogen and oxygen atoms in total. The zero-order chi connectivity index (χ0) is 17.3. The summed E-state index contributed by atoms with van der Waals surface area (Å²) in [7, 11) is 0. The third-order valence-electron chi connectivity index (χ3n) is 5.70. The average Bonchev–Trinajstić information content (AvgIpc) is 2.66. The lowest BCUT2D eigenvalue weighted by Crippen LogP contribution is -2.49. The minimum absolute atomic E-state index is 0.303. The van der Waals surface area contributed by atoms with Gasteiger partial charge in [0, 0.05) is 18.1 Å². The largest absolute Gasteiger partial charge is 0.361 e. The van der Waals surface area contributed by atoms with Crippen molar-refractivity contribution in [3.05, 3.63) is 84.1 Å². The van der Waals surface area contributed by atoms with Crippen LogP contribution >= 0.6 is 0 Å². The first-order valence-corrected chi connectivity index (χ1v) is 8.97. The van der Waals surface area contributed by atoms with Crippen LogP contribution < -0.4 is 5.32 Å². The molecule has 0 spiro atoms. The van der Waals surface area contributed by atoms with E-state index in [1.165, 1.54) is 17.6 Å². The molecule has 5 rings (SSSR count). The Morgan fingerprint density at radius 2 is 1.64 bits per heavy atom. The number of benzene rings is 2. The van der Waals surface area contributed by atoms with Gasteiger partial charge < -0.3 is 5.32 Å². The molecule has 2 aromatic carbocycles. The summed E-state index contributed by atoms with van der Waals surface area (Å²) in [6.45, 7) is 4.76. The van der Waals surface area contributed by atoms with E-state index in [4.69, 9.17) is 0 Å². The van der Waals surface area contributed by atoms with Crippen molar-refractivity contribution in [3.63, 3.8) is 0 Å². The van der Waals surface area contributed by atoms with E-state index in [1.807, 2.05) is 36.4 Å². The minimum Gasteiger partial charge on any atom is -0.361 e. The molecule has 0 saturated heterocycles. The first-order valence-electron chi connectivity index (χ1n) is 8.97. The van der Waals surface area contributed by atoms with E-state index >= 15 is 0 Å². The molecule has 0 aromatic heterocycles. The molecule has 0 heterocycles. The zero-order valence-corrected chi connectivity index (χ0v) is 14.8. The molecule has 1 N–H and O–H groups in total. The van der Waals surface area contributed by atoms with Gasteiger partial charge in [-0.1, -0.05) is 56.3 Å². The highest BCUT2D eigenvalue weighted by Crippen LogP contribution is 2.60. The monoisotopic (exact) mass is 328 g/mol. The summed E-state index contributed by atoms with van der Waals surface area (Å²) in [6.07, 6.45) is 7.79. The Kier molecular flexibility index (Phi) is 4.04. The standard InChI is InChI=1S/C23H24N2/c1-23(2)21-14-22(23)18(16-25-20-11-7-4-8-12-20)13-17(21)15-24-19-9-5-3-6-10-19/h3-13,15-16,21-22,24H,14H2,1-2H3/b17-15-,25-16?. The molecule has 1 saturated carbocycles. The van der Waals surface area contributed by atoms with Gasteiger partial charge in [0.2, 0.25) is 0 Å². The number of hydrogen-bond donors (Lipinski definition) is 1. The van der Waals surface area contributed by atoms with Crippen molar-refractivity contribution < 1.29 is 0 Å². The number of rotatable bonds is 4. The number of para-hydroxylation sites is 2. The number of nitrogens with zero attached hydrogens (tertiary/aromatic N) is 1. The molecule has 2 bridgehead atoms. The van der Waals surface area contributed by atoms with Gasteiger partial charge in [-0.3, -0.25) is 4.99 Å². The molecule has 25 heavy (non-hydrogen) atoms. The fourth-order valence-electron chi connectivity index (χ4n) is 4.08. The van der Waals surface area contributed by atoms with Crippen molar-refractivity contribution in [2.75, 3.05) is 5.32 Å². The van der Waals surface area contributed by atoms with Crippen molar-refractivity contribution in [2.24, 2.45) is 22.2 Å². The number of anilines is 1. The van der Waals surface area contributed by atoms with Crippen molar-refractivity contribution >= 4 is 17.6 Å². The summed E-state index contributed by atoms with van der Waals surface area (Å²) >= 11 is 0. The van der Waals surface area contributed by atoms with Crippen LogP contribution in [-0.4, -0.2) is 6.21 Å². The second kappa shape index (κ2) is 6.36. The number of hydrogen-bond acceptors (Lipinski definition) is 2. The molecule has 2 aromatic rings. The van der Waals surface area contributed by atoms with Gasteiger partial charge in [0.1, 0.15) is 0 Å². The van der Waals surface area contributed by atoms with Crippen molar-refractivity contribution in [1.29, 1.82) is 0 Å². The molecule has 3 aliphatic rings. The first kappa shape index (κ1) is 15.9. The molecule has 1 fully saturated rings. The summed E-state index contributed by atoms with van der Waals surface area (Å²) in [4.78, 5) is 4.68. The predicted molar refractivity (Wildman–Crippen MR) is 106 cm³/mol. The summed E-state index contributed by atoms with van der Waals surface area (Å²) in [5.41, 5.74) is 5.16. The van der Waals surface area contributed by atoms with Crippen molar-refractivity contribution in [2.45, 2.75) is 20.3 Å². The maximum atomic E-state index is 4.68. The molecular weight excluding hydrogens is 304 g/mol. The number of allylic oxidation sites excluding steroid dienone is 3. The van der Waals surface area contributed by atoms with Crippen molar-refractivity contribution in [1.82, 2.24) is 0 Å². The Bertz CT molecular complexity index is 829.